The van der Waals surface area contributed by atoms with Gasteiger partial charge in [0.15, 0.2) is 0 Å². The molecule has 3 heterocycles. The van der Waals surface area contributed by atoms with Crippen molar-refractivity contribution in [2.24, 2.45) is 11.3 Å². The van der Waals surface area contributed by atoms with Crippen LogP contribution in [0.1, 0.15) is 32.3 Å². The quantitative estimate of drug-likeness (QED) is 0.465. The van der Waals surface area contributed by atoms with Gasteiger partial charge in [0.05, 0.1) is 24.1 Å². The number of nitrogens with one attached hydrogen (secondary N) is 2. The second-order valence-corrected chi connectivity index (χ2v) is 10.3. The lowest BCUT2D eigenvalue weighted by Crippen LogP contribution is -2.37. The number of benzene rings is 1. The predicted octanol–water partition coefficient (Wildman–Crippen LogP) is 3.83. The molecule has 1 aromatic carbocycles. The van der Waals surface area contributed by atoms with E-state index in [2.05, 4.69) is 10.6 Å². The highest BCUT2D eigenvalue weighted by molar-refractivity contribution is 5.77. The molecule has 1 aliphatic heterocycles. The molecule has 37 heavy (non-hydrogen) atoms. The number of piperidine rings is 1. The molecule has 3 aromatic rings. The first-order valence-corrected chi connectivity index (χ1v) is 12.2. The van der Waals surface area contributed by atoms with Crippen LogP contribution in [0.2, 0.25) is 0 Å². The van der Waals surface area contributed by atoms with E-state index in [1.807, 2.05) is 0 Å². The average molecular weight is 521 g/mol. The molecule has 2 aliphatic rings. The molecule has 1 saturated heterocycles. The molecule has 0 bridgehead atoms. The van der Waals surface area contributed by atoms with E-state index in [4.69, 9.17) is 4.74 Å². The molecular weight excluding hydrogens is 492 g/mol. The Balaban J connectivity index is 1.55. The number of amides is 1. The molecule has 2 atom stereocenters. The summed E-state index contributed by atoms with van der Waals surface area (Å²) in [5.74, 6) is -0.827. The van der Waals surface area contributed by atoms with Crippen molar-refractivity contribution in [3.8, 4) is 17.0 Å². The third-order valence-electron chi connectivity index (χ3n) is 7.19. The minimum atomic E-state index is -4.92. The van der Waals surface area contributed by atoms with Crippen LogP contribution in [-0.4, -0.2) is 40.6 Å². The first-order chi connectivity index (χ1) is 17.5. The molecule has 2 fully saturated rings. The van der Waals surface area contributed by atoms with Crippen LogP contribution < -0.4 is 20.9 Å². The van der Waals surface area contributed by atoms with Gasteiger partial charge in [-0.2, -0.15) is 13.2 Å². The summed E-state index contributed by atoms with van der Waals surface area (Å²) in [6, 6.07) is 3.88. The van der Waals surface area contributed by atoms with Crippen molar-refractivity contribution in [1.29, 1.82) is 0 Å². The molecule has 2 aromatic heterocycles. The fourth-order valence-electron chi connectivity index (χ4n) is 5.19. The van der Waals surface area contributed by atoms with Gasteiger partial charge in [-0.05, 0) is 57.4 Å². The smallest absolute Gasteiger partial charge is 0.419 e. The van der Waals surface area contributed by atoms with Crippen LogP contribution in [0.4, 0.5) is 17.6 Å². The number of ether oxygens (including phenoxy) is 1. The summed E-state index contributed by atoms with van der Waals surface area (Å²) in [6.07, 6.45) is 0.316. The first kappa shape index (κ1) is 25.3. The maximum atomic E-state index is 14.0. The molecule has 198 valence electrons. The molecular formula is C26H28F4N4O3. The van der Waals surface area contributed by atoms with Gasteiger partial charge in [-0.15, -0.1) is 0 Å². The Hall–Kier alpha value is -3.34. The number of alkyl halides is 3. The van der Waals surface area contributed by atoms with Gasteiger partial charge in [0, 0.05) is 35.8 Å². The van der Waals surface area contributed by atoms with Gasteiger partial charge in [0.1, 0.15) is 23.6 Å². The summed E-state index contributed by atoms with van der Waals surface area (Å²) in [5.41, 5.74) is -1.73. The topological polar surface area (TPSA) is 76.8 Å². The maximum Gasteiger partial charge on any atom is 0.419 e. The van der Waals surface area contributed by atoms with Gasteiger partial charge in [-0.1, -0.05) is 0 Å². The molecule has 5 rings (SSSR count). The van der Waals surface area contributed by atoms with Crippen LogP contribution in [0.25, 0.3) is 16.8 Å². The van der Waals surface area contributed by atoms with Crippen molar-refractivity contribution >= 4 is 11.4 Å². The summed E-state index contributed by atoms with van der Waals surface area (Å²) in [5, 5.41) is 6.07. The van der Waals surface area contributed by atoms with Crippen molar-refractivity contribution < 1.29 is 27.1 Å². The van der Waals surface area contributed by atoms with Crippen molar-refractivity contribution in [1.82, 2.24) is 19.6 Å². The minimum absolute atomic E-state index is 0.0430. The summed E-state index contributed by atoms with van der Waals surface area (Å²) < 4.78 is 62.8. The molecule has 1 saturated carbocycles. The standard InChI is InChI=1S/C26H28F4N4O3/c1-15(2)32-23(35)12-34-22(16-3-4-20(27)19(7-16)26(28,29)30)11-33-10-18(8-21(33)24(34)36)37-14-25-9-17(25)5-6-31-13-25/h3-4,7-8,10-11,15,17,31H,5-6,9,12-14H2,1-2H3,(H,32,35)/t17-,25-/m1/s1. The zero-order valence-corrected chi connectivity index (χ0v) is 20.5. The van der Waals surface area contributed by atoms with Crippen LogP contribution in [0.15, 0.2) is 41.5 Å². The van der Waals surface area contributed by atoms with E-state index in [0.29, 0.717) is 30.4 Å². The predicted molar refractivity (Wildman–Crippen MR) is 129 cm³/mol. The Morgan fingerprint density at radius 3 is 2.76 bits per heavy atom. The summed E-state index contributed by atoms with van der Waals surface area (Å²) >= 11 is 0. The van der Waals surface area contributed by atoms with E-state index < -0.39 is 35.6 Å². The summed E-state index contributed by atoms with van der Waals surface area (Å²) in [6.45, 7) is 5.45. The highest BCUT2D eigenvalue weighted by Crippen LogP contribution is 2.55. The second kappa shape index (κ2) is 9.20. The van der Waals surface area contributed by atoms with Gasteiger partial charge in [0.2, 0.25) is 5.91 Å². The molecule has 1 amide bonds. The minimum Gasteiger partial charge on any atom is -0.491 e. The Bertz CT molecular complexity index is 1410. The van der Waals surface area contributed by atoms with Crippen molar-refractivity contribution in [2.45, 2.75) is 45.5 Å². The monoisotopic (exact) mass is 520 g/mol. The molecule has 0 spiro atoms. The van der Waals surface area contributed by atoms with Gasteiger partial charge >= 0.3 is 6.18 Å². The van der Waals surface area contributed by atoms with Crippen LogP contribution in [0.5, 0.6) is 5.75 Å². The Morgan fingerprint density at radius 1 is 1.27 bits per heavy atom. The van der Waals surface area contributed by atoms with Crippen LogP contribution in [0.3, 0.4) is 0 Å². The van der Waals surface area contributed by atoms with Crippen LogP contribution >= 0.6 is 0 Å². The highest BCUT2D eigenvalue weighted by atomic mass is 19.4. The number of carbonyl (C=O) groups is 1. The van der Waals surface area contributed by atoms with Crippen molar-refractivity contribution in [2.75, 3.05) is 19.7 Å². The molecule has 2 N–H and O–H groups in total. The fourth-order valence-corrected chi connectivity index (χ4v) is 5.19. The second-order valence-electron chi connectivity index (χ2n) is 10.3. The van der Waals surface area contributed by atoms with Crippen molar-refractivity contribution in [3.63, 3.8) is 0 Å². The number of nitrogens with zero attached hydrogens (tertiary/aromatic N) is 2. The van der Waals surface area contributed by atoms with E-state index >= 15 is 0 Å². The average Bonchev–Trinajstić information content (AvgIpc) is 3.41. The van der Waals surface area contributed by atoms with E-state index in [1.54, 1.807) is 26.1 Å². The number of aromatic nitrogens is 2. The number of hydrogen-bond donors (Lipinski definition) is 2. The zero-order chi connectivity index (χ0) is 26.5. The Morgan fingerprint density at radius 2 is 2.05 bits per heavy atom. The molecule has 1 aliphatic carbocycles. The van der Waals surface area contributed by atoms with Gasteiger partial charge in [0.25, 0.3) is 5.56 Å². The lowest BCUT2D eigenvalue weighted by Gasteiger charge is -2.22. The van der Waals surface area contributed by atoms with Crippen LogP contribution in [0, 0.1) is 17.2 Å². The number of carbonyl (C=O) groups excluding carboxylic acids is 1. The van der Waals surface area contributed by atoms with E-state index in [9.17, 15) is 27.2 Å². The molecule has 0 radical (unpaired) electrons. The van der Waals surface area contributed by atoms with E-state index in [0.717, 1.165) is 36.6 Å². The highest BCUT2D eigenvalue weighted by Gasteiger charge is 2.55. The largest absolute Gasteiger partial charge is 0.491 e. The first-order valence-electron chi connectivity index (χ1n) is 12.2. The number of hydrogen-bond acceptors (Lipinski definition) is 4. The number of fused-ring (bicyclic) bond motifs is 2. The Labute approximate surface area is 210 Å². The lowest BCUT2D eigenvalue weighted by molar-refractivity contribution is -0.140. The fraction of sp³-hybridized carbons (Fsp3) is 0.462. The molecule has 11 heteroatoms. The van der Waals surface area contributed by atoms with Gasteiger partial charge < -0.3 is 19.8 Å². The third kappa shape index (κ3) is 4.96. The number of halogens is 4. The van der Waals surface area contributed by atoms with Crippen LogP contribution in [-0.2, 0) is 17.5 Å². The lowest BCUT2D eigenvalue weighted by atomic mass is 10.00. The number of rotatable bonds is 7. The Kier molecular flexibility index (Phi) is 6.29. The maximum absolute atomic E-state index is 14.0. The molecule has 0 unspecified atom stereocenters. The third-order valence-corrected chi connectivity index (χ3v) is 7.19. The zero-order valence-electron chi connectivity index (χ0n) is 20.5. The summed E-state index contributed by atoms with van der Waals surface area (Å²) in [4.78, 5) is 26.0. The van der Waals surface area contributed by atoms with E-state index in [1.165, 1.54) is 10.6 Å². The van der Waals surface area contributed by atoms with Gasteiger partial charge in [-0.25, -0.2) is 4.39 Å². The van der Waals surface area contributed by atoms with E-state index in [-0.39, 0.29) is 28.2 Å². The SMILES string of the molecule is CC(C)NC(=O)Cn1c(-c2ccc(F)c(C(F)(F)F)c2)cn2cc(OC[C@@]34CNCC[C@@H]3C4)cc2c1=O. The van der Waals surface area contributed by atoms with Gasteiger partial charge in [-0.3, -0.25) is 14.2 Å². The van der Waals surface area contributed by atoms with Crippen molar-refractivity contribution in [3.05, 3.63) is 58.4 Å². The summed E-state index contributed by atoms with van der Waals surface area (Å²) in [7, 11) is 0. The normalized spacial score (nSPS) is 21.2. The molecule has 7 nitrogen and oxygen atoms in total.